The molecular formula is C20H36N2O4. The molecule has 2 bridgehead atoms. The summed E-state index contributed by atoms with van der Waals surface area (Å²) in [5, 5.41) is 10.5. The van der Waals surface area contributed by atoms with Crippen LogP contribution in [0.15, 0.2) is 0 Å². The second-order valence-electron chi connectivity index (χ2n) is 9.27. The summed E-state index contributed by atoms with van der Waals surface area (Å²) in [7, 11) is 0. The van der Waals surface area contributed by atoms with Gasteiger partial charge in [0.05, 0.1) is 25.4 Å². The average molecular weight is 369 g/mol. The highest BCUT2D eigenvalue weighted by Gasteiger charge is 2.60. The second kappa shape index (κ2) is 7.64. The van der Waals surface area contributed by atoms with Crippen LogP contribution in [0.25, 0.3) is 0 Å². The zero-order valence-electron chi connectivity index (χ0n) is 16.9. The molecule has 0 radical (unpaired) electrons. The molecule has 3 fully saturated rings. The largest absolute Gasteiger partial charge is 0.450 e. The third-order valence-electron chi connectivity index (χ3n) is 6.96. The van der Waals surface area contributed by atoms with Crippen molar-refractivity contribution >= 4 is 6.09 Å². The Morgan fingerprint density at radius 1 is 1.23 bits per heavy atom. The van der Waals surface area contributed by atoms with Crippen molar-refractivity contribution in [2.24, 2.45) is 16.7 Å². The van der Waals surface area contributed by atoms with Crippen LogP contribution < -0.4 is 0 Å². The number of carbonyl (C=O) groups excluding carboxylic acids is 1. The van der Waals surface area contributed by atoms with E-state index in [0.717, 1.165) is 19.0 Å². The van der Waals surface area contributed by atoms with Gasteiger partial charge in [-0.25, -0.2) is 4.79 Å². The summed E-state index contributed by atoms with van der Waals surface area (Å²) in [5.41, 5.74) is 0.483. The molecule has 3 aliphatic rings. The van der Waals surface area contributed by atoms with Crippen LogP contribution in [0.4, 0.5) is 4.79 Å². The Balaban J connectivity index is 1.41. The first-order chi connectivity index (χ1) is 12.3. The molecule has 6 nitrogen and oxygen atoms in total. The van der Waals surface area contributed by atoms with Crippen LogP contribution >= 0.6 is 0 Å². The molecule has 4 atom stereocenters. The fourth-order valence-corrected chi connectivity index (χ4v) is 5.56. The lowest BCUT2D eigenvalue weighted by atomic mass is 9.70. The van der Waals surface area contributed by atoms with Gasteiger partial charge in [0.1, 0.15) is 0 Å². The third-order valence-corrected chi connectivity index (χ3v) is 6.96. The molecule has 1 N–H and O–H groups in total. The summed E-state index contributed by atoms with van der Waals surface area (Å²) in [5.74, 6) is 0.755. The number of piperazine rings is 1. The Morgan fingerprint density at radius 2 is 1.92 bits per heavy atom. The highest BCUT2D eigenvalue weighted by molar-refractivity contribution is 5.67. The number of β-amino-alcohol motifs (C(OH)–C–C–N with tert-alkyl or cyclic N) is 1. The van der Waals surface area contributed by atoms with Crippen molar-refractivity contribution in [1.82, 2.24) is 9.80 Å². The Labute approximate surface area is 157 Å². The summed E-state index contributed by atoms with van der Waals surface area (Å²) < 4.78 is 11.3. The Kier molecular flexibility index (Phi) is 5.85. The quantitative estimate of drug-likeness (QED) is 0.780. The van der Waals surface area contributed by atoms with Crippen LogP contribution in [0.2, 0.25) is 0 Å². The van der Waals surface area contributed by atoms with Gasteiger partial charge >= 0.3 is 6.09 Å². The van der Waals surface area contributed by atoms with Gasteiger partial charge in [0.25, 0.3) is 0 Å². The lowest BCUT2D eigenvalue weighted by molar-refractivity contribution is -0.114. The van der Waals surface area contributed by atoms with E-state index in [2.05, 4.69) is 25.7 Å². The van der Waals surface area contributed by atoms with Gasteiger partial charge in [0.15, 0.2) is 0 Å². The predicted molar refractivity (Wildman–Crippen MR) is 100 cm³/mol. The lowest BCUT2D eigenvalue weighted by Crippen LogP contribution is -2.51. The lowest BCUT2D eigenvalue weighted by Gasteiger charge is -2.43. The first-order valence-electron chi connectivity index (χ1n) is 10.2. The highest BCUT2D eigenvalue weighted by Crippen LogP contribution is 2.63. The normalized spacial score (nSPS) is 34.9. The van der Waals surface area contributed by atoms with Crippen molar-refractivity contribution in [2.75, 3.05) is 45.9 Å². The Hall–Kier alpha value is -0.850. The van der Waals surface area contributed by atoms with Crippen molar-refractivity contribution in [3.8, 4) is 0 Å². The number of ether oxygens (including phenoxy) is 2. The molecule has 3 rings (SSSR count). The number of aliphatic hydroxyl groups is 1. The number of hydrogen-bond donors (Lipinski definition) is 1. The second-order valence-corrected chi connectivity index (χ2v) is 9.27. The number of nitrogens with zero attached hydrogens (tertiary/aromatic N) is 2. The van der Waals surface area contributed by atoms with Crippen LogP contribution in [0.3, 0.4) is 0 Å². The van der Waals surface area contributed by atoms with Crippen LogP contribution in [-0.2, 0) is 9.47 Å². The molecule has 6 heteroatoms. The zero-order valence-corrected chi connectivity index (χ0v) is 16.9. The molecule has 1 amide bonds. The summed E-state index contributed by atoms with van der Waals surface area (Å²) in [6.45, 7) is 13.1. The molecule has 0 spiro atoms. The van der Waals surface area contributed by atoms with E-state index in [1.54, 1.807) is 4.90 Å². The number of amides is 1. The number of hydrogen-bond acceptors (Lipinski definition) is 5. The summed E-state index contributed by atoms with van der Waals surface area (Å²) in [4.78, 5) is 15.7. The van der Waals surface area contributed by atoms with E-state index >= 15 is 0 Å². The van der Waals surface area contributed by atoms with Crippen molar-refractivity contribution in [1.29, 1.82) is 0 Å². The minimum atomic E-state index is -0.484. The molecule has 2 saturated carbocycles. The van der Waals surface area contributed by atoms with E-state index in [0.29, 0.717) is 32.8 Å². The number of aliphatic hydroxyl groups excluding tert-OH is 1. The average Bonchev–Trinajstić information content (AvgIpc) is 3.06. The number of rotatable bonds is 6. The van der Waals surface area contributed by atoms with Gasteiger partial charge in [-0.05, 0) is 42.9 Å². The zero-order chi connectivity index (χ0) is 18.9. The fourth-order valence-electron chi connectivity index (χ4n) is 5.56. The monoisotopic (exact) mass is 368 g/mol. The summed E-state index contributed by atoms with van der Waals surface area (Å²) >= 11 is 0. The maximum absolute atomic E-state index is 11.7. The van der Waals surface area contributed by atoms with Gasteiger partial charge in [-0.3, -0.25) is 4.90 Å². The molecule has 1 saturated heterocycles. The van der Waals surface area contributed by atoms with Gasteiger partial charge < -0.3 is 19.5 Å². The SMILES string of the molecule is CCOC(=O)N1CCN(C[C@H](O)CO[C@H]2C(C)(C)[C@@H]3CC[C@]2(C)C3)CC1. The molecule has 1 aliphatic heterocycles. The maximum atomic E-state index is 11.7. The first kappa shape index (κ1) is 19.9. The fraction of sp³-hybridized carbons (Fsp3) is 0.950. The van der Waals surface area contributed by atoms with Gasteiger partial charge in [-0.2, -0.15) is 0 Å². The molecule has 1 heterocycles. The summed E-state index contributed by atoms with van der Waals surface area (Å²) in [6, 6.07) is 0. The number of carbonyl (C=O) groups is 1. The van der Waals surface area contributed by atoms with Crippen molar-refractivity contribution in [3.05, 3.63) is 0 Å². The van der Waals surface area contributed by atoms with Crippen LogP contribution in [0, 0.1) is 16.7 Å². The van der Waals surface area contributed by atoms with Crippen LogP contribution in [-0.4, -0.2) is 79.1 Å². The van der Waals surface area contributed by atoms with E-state index in [4.69, 9.17) is 9.47 Å². The molecule has 150 valence electrons. The predicted octanol–water partition coefficient (Wildman–Crippen LogP) is 2.35. The standard InChI is InChI=1S/C20H36N2O4/c1-5-25-18(24)22-10-8-21(9-11-22)13-16(23)14-26-17-19(2,3)15-6-7-20(17,4)12-15/h15-17,23H,5-14H2,1-4H3/t15-,16+,17+,20-/m1/s1. The highest BCUT2D eigenvalue weighted by atomic mass is 16.6. The molecule has 0 aromatic heterocycles. The third kappa shape index (κ3) is 3.87. The van der Waals surface area contributed by atoms with E-state index in [1.165, 1.54) is 19.3 Å². The van der Waals surface area contributed by atoms with Gasteiger partial charge in [0, 0.05) is 32.7 Å². The molecule has 2 aliphatic carbocycles. The van der Waals surface area contributed by atoms with Crippen molar-refractivity contribution < 1.29 is 19.4 Å². The van der Waals surface area contributed by atoms with Gasteiger partial charge in [-0.1, -0.05) is 20.8 Å². The number of fused-ring (bicyclic) bond motifs is 2. The molecule has 0 unspecified atom stereocenters. The van der Waals surface area contributed by atoms with Crippen molar-refractivity contribution in [3.63, 3.8) is 0 Å². The molecule has 26 heavy (non-hydrogen) atoms. The minimum absolute atomic E-state index is 0.206. The topological polar surface area (TPSA) is 62.2 Å². The van der Waals surface area contributed by atoms with E-state index in [1.807, 2.05) is 6.92 Å². The van der Waals surface area contributed by atoms with Gasteiger partial charge in [-0.15, -0.1) is 0 Å². The minimum Gasteiger partial charge on any atom is -0.450 e. The van der Waals surface area contributed by atoms with E-state index in [-0.39, 0.29) is 23.0 Å². The Bertz CT molecular complexity index is 499. The smallest absolute Gasteiger partial charge is 0.409 e. The Morgan fingerprint density at radius 3 is 2.50 bits per heavy atom. The molecule has 0 aromatic rings. The van der Waals surface area contributed by atoms with E-state index in [9.17, 15) is 9.90 Å². The molecule has 0 aromatic carbocycles. The first-order valence-corrected chi connectivity index (χ1v) is 10.2. The van der Waals surface area contributed by atoms with Crippen LogP contribution in [0.5, 0.6) is 0 Å². The van der Waals surface area contributed by atoms with E-state index < -0.39 is 6.10 Å². The summed E-state index contributed by atoms with van der Waals surface area (Å²) in [6.07, 6.45) is 3.35. The van der Waals surface area contributed by atoms with Gasteiger partial charge in [0.2, 0.25) is 0 Å². The van der Waals surface area contributed by atoms with Crippen LogP contribution in [0.1, 0.15) is 47.0 Å². The maximum Gasteiger partial charge on any atom is 0.409 e. The van der Waals surface area contributed by atoms with Crippen molar-refractivity contribution in [2.45, 2.75) is 59.2 Å². The molecular weight excluding hydrogens is 332 g/mol.